The molecule has 0 aliphatic carbocycles. The van der Waals surface area contributed by atoms with Crippen molar-refractivity contribution in [2.75, 3.05) is 5.73 Å². The van der Waals surface area contributed by atoms with Crippen molar-refractivity contribution in [2.24, 2.45) is 0 Å². The van der Waals surface area contributed by atoms with Gasteiger partial charge in [0.1, 0.15) is 4.88 Å². The van der Waals surface area contributed by atoms with Crippen LogP contribution >= 0.6 is 11.3 Å². The van der Waals surface area contributed by atoms with E-state index in [1.54, 1.807) is 30.6 Å². The van der Waals surface area contributed by atoms with E-state index in [0.717, 1.165) is 10.4 Å². The van der Waals surface area contributed by atoms with E-state index in [-0.39, 0.29) is 0 Å². The molecule has 2 rings (SSSR count). The molecular formula is C10H8N2O2S. The van der Waals surface area contributed by atoms with Crippen LogP contribution in [0.3, 0.4) is 0 Å². The fourth-order valence-corrected chi connectivity index (χ4v) is 2.09. The lowest BCUT2D eigenvalue weighted by molar-refractivity contribution is 0.0702. The molecule has 0 saturated heterocycles. The van der Waals surface area contributed by atoms with Crippen molar-refractivity contribution in [1.29, 1.82) is 0 Å². The number of carboxylic acid groups (broad SMARTS) is 1. The number of nitrogen functional groups attached to an aromatic ring is 1. The van der Waals surface area contributed by atoms with Gasteiger partial charge in [-0.2, -0.15) is 0 Å². The molecule has 0 bridgehead atoms. The van der Waals surface area contributed by atoms with Gasteiger partial charge in [-0.1, -0.05) is 0 Å². The van der Waals surface area contributed by atoms with Gasteiger partial charge in [0.25, 0.3) is 0 Å². The predicted molar refractivity (Wildman–Crippen MR) is 58.9 cm³/mol. The third-order valence-electron chi connectivity index (χ3n) is 1.94. The van der Waals surface area contributed by atoms with Crippen LogP contribution in [-0.2, 0) is 0 Å². The number of thiophene rings is 1. The van der Waals surface area contributed by atoms with Crippen molar-refractivity contribution in [3.8, 4) is 10.4 Å². The minimum Gasteiger partial charge on any atom is -0.477 e. The van der Waals surface area contributed by atoms with Crippen molar-refractivity contribution in [2.45, 2.75) is 0 Å². The highest BCUT2D eigenvalue weighted by Gasteiger charge is 2.09. The average Bonchev–Trinajstić information content (AvgIpc) is 2.67. The molecule has 0 amide bonds. The SMILES string of the molecule is Nc1ccncc1-c1ccc(C(=O)O)s1. The van der Waals surface area contributed by atoms with Crippen molar-refractivity contribution < 1.29 is 9.90 Å². The number of hydrogen-bond acceptors (Lipinski definition) is 4. The summed E-state index contributed by atoms with van der Waals surface area (Å²) in [6.45, 7) is 0. The molecule has 0 aliphatic heterocycles. The first-order valence-corrected chi connectivity index (χ1v) is 5.03. The molecule has 0 aromatic carbocycles. The molecule has 0 unspecified atom stereocenters. The van der Waals surface area contributed by atoms with Crippen LogP contribution in [0.4, 0.5) is 5.69 Å². The molecule has 76 valence electrons. The number of carboxylic acids is 1. The summed E-state index contributed by atoms with van der Waals surface area (Å²) >= 11 is 1.19. The zero-order chi connectivity index (χ0) is 10.8. The summed E-state index contributed by atoms with van der Waals surface area (Å²) < 4.78 is 0. The average molecular weight is 220 g/mol. The number of aromatic nitrogens is 1. The van der Waals surface area contributed by atoms with E-state index in [9.17, 15) is 4.79 Å². The van der Waals surface area contributed by atoms with Crippen LogP contribution < -0.4 is 5.73 Å². The highest BCUT2D eigenvalue weighted by atomic mass is 32.1. The van der Waals surface area contributed by atoms with Gasteiger partial charge >= 0.3 is 5.97 Å². The normalized spacial score (nSPS) is 10.1. The minimum absolute atomic E-state index is 0.299. The van der Waals surface area contributed by atoms with E-state index in [4.69, 9.17) is 10.8 Å². The third-order valence-corrected chi connectivity index (χ3v) is 3.04. The van der Waals surface area contributed by atoms with Crippen LogP contribution in [-0.4, -0.2) is 16.1 Å². The Morgan fingerprint density at radius 2 is 2.20 bits per heavy atom. The van der Waals surface area contributed by atoms with Crippen LogP contribution in [0.2, 0.25) is 0 Å². The molecule has 4 nitrogen and oxygen atoms in total. The summed E-state index contributed by atoms with van der Waals surface area (Å²) in [6.07, 6.45) is 3.23. The Morgan fingerprint density at radius 1 is 1.40 bits per heavy atom. The first-order chi connectivity index (χ1) is 7.18. The number of aromatic carboxylic acids is 1. The van der Waals surface area contributed by atoms with Crippen molar-refractivity contribution in [3.05, 3.63) is 35.5 Å². The summed E-state index contributed by atoms with van der Waals surface area (Å²) in [6, 6.07) is 4.99. The summed E-state index contributed by atoms with van der Waals surface area (Å²) in [5.41, 5.74) is 7.13. The van der Waals surface area contributed by atoms with Crippen LogP contribution in [0.25, 0.3) is 10.4 Å². The van der Waals surface area contributed by atoms with E-state index in [1.807, 2.05) is 0 Å². The van der Waals surface area contributed by atoms with E-state index in [2.05, 4.69) is 4.98 Å². The summed E-state index contributed by atoms with van der Waals surface area (Å²) in [5, 5.41) is 8.78. The van der Waals surface area contributed by atoms with Gasteiger partial charge in [0.15, 0.2) is 0 Å². The molecule has 5 heteroatoms. The summed E-state index contributed by atoms with van der Waals surface area (Å²) in [7, 11) is 0. The highest BCUT2D eigenvalue weighted by molar-refractivity contribution is 7.17. The number of hydrogen-bond donors (Lipinski definition) is 2. The molecule has 0 atom stereocenters. The van der Waals surface area contributed by atoms with Gasteiger partial charge in [0.05, 0.1) is 0 Å². The Balaban J connectivity index is 2.46. The van der Waals surface area contributed by atoms with Crippen molar-refractivity contribution in [3.63, 3.8) is 0 Å². The molecule has 0 saturated carbocycles. The zero-order valence-electron chi connectivity index (χ0n) is 7.68. The third kappa shape index (κ3) is 1.82. The number of nitrogens with zero attached hydrogens (tertiary/aromatic N) is 1. The molecule has 3 N–H and O–H groups in total. The van der Waals surface area contributed by atoms with Gasteiger partial charge < -0.3 is 10.8 Å². The number of rotatable bonds is 2. The summed E-state index contributed by atoms with van der Waals surface area (Å²) in [5.74, 6) is -0.922. The van der Waals surface area contributed by atoms with Gasteiger partial charge in [0, 0.05) is 28.5 Å². The Kier molecular flexibility index (Phi) is 2.39. The smallest absolute Gasteiger partial charge is 0.345 e. The maximum atomic E-state index is 10.7. The Labute approximate surface area is 90.0 Å². The lowest BCUT2D eigenvalue weighted by Crippen LogP contribution is -1.90. The van der Waals surface area contributed by atoms with Gasteiger partial charge in [-0.25, -0.2) is 4.79 Å². The molecule has 2 heterocycles. The predicted octanol–water partition coefficient (Wildman–Crippen LogP) is 2.09. The Morgan fingerprint density at radius 3 is 2.80 bits per heavy atom. The van der Waals surface area contributed by atoms with E-state index >= 15 is 0 Å². The first kappa shape index (κ1) is 9.67. The van der Waals surface area contributed by atoms with Crippen LogP contribution in [0.1, 0.15) is 9.67 Å². The zero-order valence-corrected chi connectivity index (χ0v) is 8.49. The van der Waals surface area contributed by atoms with Crippen LogP contribution in [0.15, 0.2) is 30.6 Å². The summed E-state index contributed by atoms with van der Waals surface area (Å²) in [4.78, 5) is 15.8. The molecule has 0 aliphatic rings. The lowest BCUT2D eigenvalue weighted by atomic mass is 10.2. The molecular weight excluding hydrogens is 212 g/mol. The molecule has 2 aromatic rings. The minimum atomic E-state index is -0.922. The van der Waals surface area contributed by atoms with Gasteiger partial charge in [-0.05, 0) is 18.2 Å². The second kappa shape index (κ2) is 3.70. The highest BCUT2D eigenvalue weighted by Crippen LogP contribution is 2.31. The number of pyridine rings is 1. The maximum Gasteiger partial charge on any atom is 0.345 e. The van der Waals surface area contributed by atoms with Crippen LogP contribution in [0, 0.1) is 0 Å². The number of nitrogens with two attached hydrogens (primary N) is 1. The fraction of sp³-hybridized carbons (Fsp3) is 0. The Bertz CT molecular complexity index is 508. The topological polar surface area (TPSA) is 76.2 Å². The number of anilines is 1. The second-order valence-electron chi connectivity index (χ2n) is 2.93. The largest absolute Gasteiger partial charge is 0.477 e. The van der Waals surface area contributed by atoms with Gasteiger partial charge in [0.2, 0.25) is 0 Å². The lowest BCUT2D eigenvalue weighted by Gasteiger charge is -2.00. The second-order valence-corrected chi connectivity index (χ2v) is 4.02. The monoisotopic (exact) mass is 220 g/mol. The molecule has 0 fully saturated rings. The van der Waals surface area contributed by atoms with Crippen molar-refractivity contribution in [1.82, 2.24) is 4.98 Å². The van der Waals surface area contributed by atoms with Crippen molar-refractivity contribution >= 4 is 23.0 Å². The fourth-order valence-electron chi connectivity index (χ4n) is 1.21. The van der Waals surface area contributed by atoms with Gasteiger partial charge in [-0.15, -0.1) is 11.3 Å². The standard InChI is InChI=1S/C10H8N2O2S/c11-7-3-4-12-5-6(7)8-1-2-9(15-8)10(13)14/h1-5H,(H2,11,12)(H,13,14). The molecule has 0 radical (unpaired) electrons. The molecule has 0 spiro atoms. The van der Waals surface area contributed by atoms with Crippen LogP contribution in [0.5, 0.6) is 0 Å². The quantitative estimate of drug-likeness (QED) is 0.812. The molecule has 15 heavy (non-hydrogen) atoms. The number of carbonyl (C=O) groups is 1. The first-order valence-electron chi connectivity index (χ1n) is 4.21. The van der Waals surface area contributed by atoms with E-state index in [0.29, 0.717) is 10.6 Å². The van der Waals surface area contributed by atoms with Gasteiger partial charge in [-0.3, -0.25) is 4.98 Å². The molecule has 2 aromatic heterocycles. The van der Waals surface area contributed by atoms with E-state index < -0.39 is 5.97 Å². The Hall–Kier alpha value is -1.88. The van der Waals surface area contributed by atoms with E-state index in [1.165, 1.54) is 11.3 Å². The maximum absolute atomic E-state index is 10.7.